The largest absolute Gasteiger partial charge is 0.465 e. The number of hydrogen-bond donors (Lipinski definition) is 1. The molecule has 2 aromatic heterocycles. The molecule has 0 fully saturated rings. The Bertz CT molecular complexity index is 942. The fraction of sp³-hybridized carbons (Fsp3) is 0.278. The molecule has 10 heteroatoms. The van der Waals surface area contributed by atoms with E-state index in [9.17, 15) is 9.59 Å². The summed E-state index contributed by atoms with van der Waals surface area (Å²) in [4.78, 5) is 24.3. The molecule has 0 spiro atoms. The molecule has 3 aromatic rings. The van der Waals surface area contributed by atoms with E-state index in [0.29, 0.717) is 28.3 Å². The fourth-order valence-electron chi connectivity index (χ4n) is 2.24. The van der Waals surface area contributed by atoms with Gasteiger partial charge in [0.2, 0.25) is 5.13 Å². The third-order valence-corrected chi connectivity index (χ3v) is 5.86. The minimum atomic E-state index is -0.448. The monoisotopic (exact) mass is 418 g/mol. The molecular weight excluding hydrogens is 400 g/mol. The highest BCUT2D eigenvalue weighted by Crippen LogP contribution is 2.31. The summed E-state index contributed by atoms with van der Waals surface area (Å²) in [6.45, 7) is 3.99. The number of carbonyl (C=O) groups is 2. The molecule has 0 bridgehead atoms. The minimum Gasteiger partial charge on any atom is -0.465 e. The van der Waals surface area contributed by atoms with Crippen LogP contribution in [0, 0.1) is 0 Å². The number of ether oxygens (including phenoxy) is 1. The summed E-state index contributed by atoms with van der Waals surface area (Å²) in [5, 5.41) is 14.4. The summed E-state index contributed by atoms with van der Waals surface area (Å²) in [6, 6.07) is 10.9. The lowest BCUT2D eigenvalue weighted by atomic mass is 10.1. The van der Waals surface area contributed by atoms with Gasteiger partial charge < -0.3 is 9.26 Å². The average Bonchev–Trinajstić information content (AvgIpc) is 3.36. The Morgan fingerprint density at radius 1 is 1.25 bits per heavy atom. The van der Waals surface area contributed by atoms with Gasteiger partial charge in [0, 0.05) is 11.6 Å². The van der Waals surface area contributed by atoms with Crippen molar-refractivity contribution in [3.63, 3.8) is 0 Å². The van der Waals surface area contributed by atoms with Gasteiger partial charge >= 0.3 is 5.97 Å². The lowest BCUT2D eigenvalue weighted by Gasteiger charge is -2.10. The maximum atomic E-state index is 12.4. The zero-order valence-electron chi connectivity index (χ0n) is 15.2. The summed E-state index contributed by atoms with van der Waals surface area (Å²) in [5.41, 5.74) is 0.967. The van der Waals surface area contributed by atoms with E-state index >= 15 is 0 Å². The van der Waals surface area contributed by atoms with Gasteiger partial charge in [0.05, 0.1) is 6.61 Å². The highest BCUT2D eigenvalue weighted by atomic mass is 32.2. The van der Waals surface area contributed by atoms with Crippen LogP contribution in [0.4, 0.5) is 5.13 Å². The van der Waals surface area contributed by atoms with Crippen LogP contribution in [0.25, 0.3) is 11.3 Å². The molecule has 0 radical (unpaired) electrons. The predicted octanol–water partition coefficient (Wildman–Crippen LogP) is 3.88. The molecule has 3 rings (SSSR count). The standard InChI is InChI=1S/C18H18N4O4S2/c1-3-14(16(24)25-4-2)27-18-21-20-17(28-18)19-15(23)12-10-13(26-22-12)11-8-6-5-7-9-11/h5-10,14H,3-4H2,1-2H3,(H,19,20,23)/t14-/m0/s1. The smallest absolute Gasteiger partial charge is 0.319 e. The number of nitrogens with zero attached hydrogens (tertiary/aromatic N) is 3. The topological polar surface area (TPSA) is 107 Å². The van der Waals surface area contributed by atoms with Gasteiger partial charge in [0.15, 0.2) is 15.8 Å². The van der Waals surface area contributed by atoms with Gasteiger partial charge in [-0.1, -0.05) is 65.5 Å². The van der Waals surface area contributed by atoms with Gasteiger partial charge in [-0.2, -0.15) is 0 Å². The number of amides is 1. The SMILES string of the molecule is CCOC(=O)[C@H](CC)Sc1nnc(NC(=O)c2cc(-c3ccccc3)on2)s1. The molecule has 1 N–H and O–H groups in total. The molecule has 8 nitrogen and oxygen atoms in total. The van der Waals surface area contributed by atoms with E-state index in [1.165, 1.54) is 23.1 Å². The molecule has 1 aromatic carbocycles. The summed E-state index contributed by atoms with van der Waals surface area (Å²) in [6.07, 6.45) is 0.603. The van der Waals surface area contributed by atoms with Crippen molar-refractivity contribution in [2.75, 3.05) is 11.9 Å². The van der Waals surface area contributed by atoms with Crippen molar-refractivity contribution in [3.05, 3.63) is 42.1 Å². The normalized spacial score (nSPS) is 11.8. The number of benzene rings is 1. The second-order valence-electron chi connectivity index (χ2n) is 5.54. The maximum absolute atomic E-state index is 12.4. The van der Waals surface area contributed by atoms with Gasteiger partial charge in [0.25, 0.3) is 5.91 Å². The highest BCUT2D eigenvalue weighted by molar-refractivity contribution is 8.02. The van der Waals surface area contributed by atoms with Gasteiger partial charge in [-0.3, -0.25) is 14.9 Å². The van der Waals surface area contributed by atoms with E-state index in [0.717, 1.165) is 5.56 Å². The zero-order chi connectivity index (χ0) is 19.9. The molecule has 146 valence electrons. The van der Waals surface area contributed by atoms with E-state index in [1.807, 2.05) is 37.3 Å². The lowest BCUT2D eigenvalue weighted by molar-refractivity contribution is -0.142. The summed E-state index contributed by atoms with van der Waals surface area (Å²) in [5.74, 6) is -0.234. The maximum Gasteiger partial charge on any atom is 0.319 e. The van der Waals surface area contributed by atoms with Crippen LogP contribution >= 0.6 is 23.1 Å². The van der Waals surface area contributed by atoms with Gasteiger partial charge in [-0.15, -0.1) is 10.2 Å². The van der Waals surface area contributed by atoms with Crippen molar-refractivity contribution in [3.8, 4) is 11.3 Å². The molecule has 2 heterocycles. The number of aromatic nitrogens is 3. The summed E-state index contributed by atoms with van der Waals surface area (Å²) in [7, 11) is 0. The second kappa shape index (κ2) is 9.47. The van der Waals surface area contributed by atoms with Crippen LogP contribution in [-0.2, 0) is 9.53 Å². The van der Waals surface area contributed by atoms with Crippen molar-refractivity contribution in [2.24, 2.45) is 0 Å². The van der Waals surface area contributed by atoms with Crippen molar-refractivity contribution < 1.29 is 18.8 Å². The molecule has 1 atom stereocenters. The molecule has 0 saturated heterocycles. The number of nitrogens with one attached hydrogen (secondary N) is 1. The zero-order valence-corrected chi connectivity index (χ0v) is 16.9. The van der Waals surface area contributed by atoms with Crippen LogP contribution in [0.15, 0.2) is 45.3 Å². The van der Waals surface area contributed by atoms with E-state index in [1.54, 1.807) is 13.0 Å². The molecular formula is C18H18N4O4S2. The first-order chi connectivity index (χ1) is 13.6. The Morgan fingerprint density at radius 2 is 2.04 bits per heavy atom. The quantitative estimate of drug-likeness (QED) is 0.334. The van der Waals surface area contributed by atoms with Crippen LogP contribution in [-0.4, -0.2) is 39.1 Å². The second-order valence-corrected chi connectivity index (χ2v) is 7.96. The van der Waals surface area contributed by atoms with Crippen molar-refractivity contribution in [1.82, 2.24) is 15.4 Å². The molecule has 1 amide bonds. The third kappa shape index (κ3) is 4.96. The summed E-state index contributed by atoms with van der Waals surface area (Å²) >= 11 is 2.45. The number of rotatable bonds is 8. The van der Waals surface area contributed by atoms with Crippen molar-refractivity contribution >= 4 is 40.1 Å². The van der Waals surface area contributed by atoms with Crippen LogP contribution in [0.2, 0.25) is 0 Å². The third-order valence-electron chi connectivity index (χ3n) is 3.59. The highest BCUT2D eigenvalue weighted by Gasteiger charge is 2.22. The van der Waals surface area contributed by atoms with E-state index in [4.69, 9.17) is 9.26 Å². The Morgan fingerprint density at radius 3 is 2.75 bits per heavy atom. The fourth-order valence-corrected chi connectivity index (χ4v) is 4.16. The van der Waals surface area contributed by atoms with Crippen LogP contribution in [0.3, 0.4) is 0 Å². The van der Waals surface area contributed by atoms with E-state index < -0.39 is 5.91 Å². The van der Waals surface area contributed by atoms with Gasteiger partial charge in [-0.25, -0.2) is 0 Å². The summed E-state index contributed by atoms with van der Waals surface area (Å²) < 4.78 is 10.8. The number of carbonyl (C=O) groups excluding carboxylic acids is 2. The van der Waals surface area contributed by atoms with Gasteiger partial charge in [0.1, 0.15) is 5.25 Å². The Kier molecular flexibility index (Phi) is 6.77. The molecule has 0 saturated carbocycles. The molecule has 0 aliphatic carbocycles. The van der Waals surface area contributed by atoms with E-state index in [2.05, 4.69) is 20.7 Å². The van der Waals surface area contributed by atoms with Crippen LogP contribution in [0.1, 0.15) is 30.8 Å². The van der Waals surface area contributed by atoms with E-state index in [-0.39, 0.29) is 16.9 Å². The van der Waals surface area contributed by atoms with Crippen LogP contribution < -0.4 is 5.32 Å². The van der Waals surface area contributed by atoms with Gasteiger partial charge in [-0.05, 0) is 13.3 Å². The number of hydrogen-bond acceptors (Lipinski definition) is 9. The first-order valence-electron chi connectivity index (χ1n) is 8.61. The first kappa shape index (κ1) is 20.0. The average molecular weight is 419 g/mol. The number of thioether (sulfide) groups is 1. The molecule has 0 unspecified atom stereocenters. The van der Waals surface area contributed by atoms with Crippen molar-refractivity contribution in [2.45, 2.75) is 29.9 Å². The minimum absolute atomic E-state index is 0.140. The Balaban J connectivity index is 1.63. The number of anilines is 1. The van der Waals surface area contributed by atoms with Crippen LogP contribution in [0.5, 0.6) is 0 Å². The Hall–Kier alpha value is -2.72. The van der Waals surface area contributed by atoms with Crippen molar-refractivity contribution in [1.29, 1.82) is 0 Å². The molecule has 0 aliphatic rings. The molecule has 0 aliphatic heterocycles. The first-order valence-corrected chi connectivity index (χ1v) is 10.3. The molecule has 28 heavy (non-hydrogen) atoms. The predicted molar refractivity (Wildman–Crippen MR) is 106 cm³/mol. The number of esters is 1. The Labute approximate surface area is 169 Å². The lowest BCUT2D eigenvalue weighted by Crippen LogP contribution is -2.19.